The van der Waals surface area contributed by atoms with Gasteiger partial charge in [0, 0.05) is 52.9 Å². The van der Waals surface area contributed by atoms with Crippen LogP contribution in [0.25, 0.3) is 60.6 Å². The number of furan rings is 1. The van der Waals surface area contributed by atoms with E-state index in [1.54, 1.807) is 0 Å². The third-order valence-corrected chi connectivity index (χ3v) is 17.2. The number of para-hydroxylation sites is 3. The standard InChI is InChI=1S/C55H34NO2PS/c57-59(38-17-2-1-3-18-38)51-27-12-7-22-43(51)55(46-33-42-41-21-6-11-26-49(41)58-50(42)34-52(46)59)44-23-8-13-28-53(44)60-54-32-36(29-30-45(54)55)35-15-14-16-37(31-35)56-47-24-9-4-19-39(47)40-20-5-10-25-48(40)56/h1-34H. The van der Waals surface area contributed by atoms with Crippen molar-refractivity contribution in [3.8, 4) is 16.8 Å². The average molecular weight is 804 g/mol. The van der Waals surface area contributed by atoms with E-state index in [9.17, 15) is 0 Å². The van der Waals surface area contributed by atoms with E-state index in [0.29, 0.717) is 0 Å². The first-order chi connectivity index (χ1) is 29.6. The quantitative estimate of drug-likeness (QED) is 0.167. The minimum Gasteiger partial charge on any atom is -0.456 e. The molecule has 2 aromatic heterocycles. The van der Waals surface area contributed by atoms with E-state index in [1.165, 1.54) is 42.7 Å². The van der Waals surface area contributed by atoms with Crippen LogP contribution in [-0.4, -0.2) is 4.57 Å². The predicted octanol–water partition coefficient (Wildman–Crippen LogP) is 13.2. The first-order valence-electron chi connectivity index (χ1n) is 20.4. The third kappa shape index (κ3) is 4.50. The molecule has 0 amide bonds. The summed E-state index contributed by atoms with van der Waals surface area (Å²) in [5.41, 5.74) is 11.1. The number of fused-ring (bicyclic) bond motifs is 14. The van der Waals surface area contributed by atoms with Crippen molar-refractivity contribution >= 4 is 78.6 Å². The monoisotopic (exact) mass is 803 g/mol. The van der Waals surface area contributed by atoms with Crippen LogP contribution in [0.4, 0.5) is 0 Å². The Bertz CT molecular complexity index is 3590. The Labute approximate surface area is 350 Å². The number of benzene rings is 9. The van der Waals surface area contributed by atoms with Crippen LogP contribution in [0.1, 0.15) is 22.3 Å². The van der Waals surface area contributed by atoms with Gasteiger partial charge in [-0.1, -0.05) is 163 Å². The highest BCUT2D eigenvalue weighted by atomic mass is 32.2. The van der Waals surface area contributed by atoms with E-state index < -0.39 is 12.6 Å². The Morgan fingerprint density at radius 1 is 0.433 bits per heavy atom. The molecule has 13 rings (SSSR count). The Balaban J connectivity index is 1.09. The molecule has 1 spiro atoms. The van der Waals surface area contributed by atoms with Crippen LogP contribution in [0, 0.1) is 0 Å². The Morgan fingerprint density at radius 3 is 1.90 bits per heavy atom. The fraction of sp³-hybridized carbons (Fsp3) is 0.0182. The number of nitrogens with zero attached hydrogens (tertiary/aromatic N) is 1. The second-order valence-corrected chi connectivity index (χ2v) is 19.7. The van der Waals surface area contributed by atoms with Crippen LogP contribution >= 0.6 is 18.9 Å². The smallest absolute Gasteiger partial charge is 0.171 e. The van der Waals surface area contributed by atoms with Gasteiger partial charge in [0.2, 0.25) is 0 Å². The van der Waals surface area contributed by atoms with Gasteiger partial charge in [-0.3, -0.25) is 0 Å². The zero-order valence-electron chi connectivity index (χ0n) is 32.2. The molecule has 2 unspecified atom stereocenters. The molecule has 0 radical (unpaired) electrons. The molecule has 0 N–H and O–H groups in total. The topological polar surface area (TPSA) is 35.1 Å². The van der Waals surface area contributed by atoms with Crippen molar-refractivity contribution in [2.75, 3.05) is 0 Å². The van der Waals surface area contributed by atoms with Crippen molar-refractivity contribution < 1.29 is 8.98 Å². The molecule has 60 heavy (non-hydrogen) atoms. The molecule has 4 heterocycles. The maximum absolute atomic E-state index is 16.5. The SMILES string of the molecule is O=P1(c2ccccc2)c2ccccc2C2(c3ccccc3Sc3cc(-c4cccc(-n5c6ccccc6c6ccccc65)c4)ccc32)c2cc3c(cc21)oc1ccccc13. The first kappa shape index (κ1) is 34.1. The van der Waals surface area contributed by atoms with Gasteiger partial charge in [-0.15, -0.1) is 0 Å². The van der Waals surface area contributed by atoms with Gasteiger partial charge in [0.15, 0.2) is 7.14 Å². The third-order valence-electron chi connectivity index (χ3n) is 12.9. The molecular formula is C55H34NO2PS. The summed E-state index contributed by atoms with van der Waals surface area (Å²) in [5.74, 6) is 0. The molecule has 0 saturated heterocycles. The highest BCUT2D eigenvalue weighted by Crippen LogP contribution is 2.62. The van der Waals surface area contributed by atoms with Gasteiger partial charge in [-0.2, -0.15) is 0 Å². The summed E-state index contributed by atoms with van der Waals surface area (Å²) in [6.07, 6.45) is 0. The summed E-state index contributed by atoms with van der Waals surface area (Å²) >= 11 is 1.83. The van der Waals surface area contributed by atoms with E-state index >= 15 is 4.57 Å². The maximum Gasteiger partial charge on any atom is 0.171 e. The summed E-state index contributed by atoms with van der Waals surface area (Å²) in [7, 11) is -3.40. The van der Waals surface area contributed by atoms with Crippen molar-refractivity contribution in [1.29, 1.82) is 0 Å². The molecule has 282 valence electrons. The molecule has 11 aromatic rings. The molecule has 0 aliphatic carbocycles. The fourth-order valence-electron chi connectivity index (χ4n) is 10.4. The Morgan fingerprint density at radius 2 is 1.08 bits per heavy atom. The van der Waals surface area contributed by atoms with E-state index in [1.807, 2.05) is 60.3 Å². The van der Waals surface area contributed by atoms with Crippen molar-refractivity contribution in [3.05, 3.63) is 229 Å². The highest BCUT2D eigenvalue weighted by Gasteiger charge is 2.54. The molecule has 0 fully saturated rings. The van der Waals surface area contributed by atoms with E-state index in [4.69, 9.17) is 4.42 Å². The van der Waals surface area contributed by atoms with Crippen LogP contribution in [0.3, 0.4) is 0 Å². The largest absolute Gasteiger partial charge is 0.456 e. The second kappa shape index (κ2) is 12.6. The van der Waals surface area contributed by atoms with Crippen molar-refractivity contribution in [3.63, 3.8) is 0 Å². The lowest BCUT2D eigenvalue weighted by Gasteiger charge is -2.47. The molecule has 0 bridgehead atoms. The van der Waals surface area contributed by atoms with Crippen molar-refractivity contribution in [2.45, 2.75) is 15.2 Å². The van der Waals surface area contributed by atoms with Crippen molar-refractivity contribution in [1.82, 2.24) is 4.57 Å². The van der Waals surface area contributed by atoms with Gasteiger partial charge in [0.1, 0.15) is 11.2 Å². The predicted molar refractivity (Wildman–Crippen MR) is 249 cm³/mol. The van der Waals surface area contributed by atoms with Crippen LogP contribution in [-0.2, 0) is 9.98 Å². The van der Waals surface area contributed by atoms with Gasteiger partial charge in [-0.05, 0) is 88.0 Å². The molecular weight excluding hydrogens is 770 g/mol. The van der Waals surface area contributed by atoms with Gasteiger partial charge < -0.3 is 13.5 Å². The summed E-state index contributed by atoms with van der Waals surface area (Å²) in [4.78, 5) is 2.37. The highest BCUT2D eigenvalue weighted by molar-refractivity contribution is 7.99. The second-order valence-electron chi connectivity index (χ2n) is 15.9. The zero-order valence-corrected chi connectivity index (χ0v) is 34.0. The van der Waals surface area contributed by atoms with Gasteiger partial charge in [0.05, 0.1) is 16.4 Å². The molecule has 2 aliphatic rings. The number of hydrogen-bond donors (Lipinski definition) is 0. The summed E-state index contributed by atoms with van der Waals surface area (Å²) in [6, 6.07) is 73.3. The lowest BCUT2D eigenvalue weighted by Crippen LogP contribution is -2.48. The van der Waals surface area contributed by atoms with Crippen LogP contribution in [0.15, 0.2) is 220 Å². The first-order valence-corrected chi connectivity index (χ1v) is 22.9. The summed E-state index contributed by atoms with van der Waals surface area (Å²) in [6.45, 7) is 0. The molecule has 5 heteroatoms. The number of rotatable bonds is 3. The molecule has 0 saturated carbocycles. The van der Waals surface area contributed by atoms with E-state index in [-0.39, 0.29) is 0 Å². The maximum atomic E-state index is 16.5. The lowest BCUT2D eigenvalue weighted by molar-refractivity contribution is 0.589. The number of hydrogen-bond acceptors (Lipinski definition) is 3. The fourth-order valence-corrected chi connectivity index (χ4v) is 14.8. The molecule has 2 atom stereocenters. The van der Waals surface area contributed by atoms with Crippen LogP contribution in [0.5, 0.6) is 0 Å². The minimum absolute atomic E-state index is 0.748. The normalized spacial score (nSPS) is 17.8. The van der Waals surface area contributed by atoms with E-state index in [0.717, 1.165) is 65.8 Å². The van der Waals surface area contributed by atoms with Crippen LogP contribution < -0.4 is 15.9 Å². The summed E-state index contributed by atoms with van der Waals surface area (Å²) < 4.78 is 25.4. The van der Waals surface area contributed by atoms with Crippen LogP contribution in [0.2, 0.25) is 0 Å². The average Bonchev–Trinajstić information content (AvgIpc) is 3.85. The van der Waals surface area contributed by atoms with Gasteiger partial charge in [-0.25, -0.2) is 0 Å². The van der Waals surface area contributed by atoms with Gasteiger partial charge >= 0.3 is 0 Å². The Hall–Kier alpha value is -6.84. The lowest BCUT2D eigenvalue weighted by atomic mass is 9.64. The molecule has 2 aliphatic heterocycles. The number of aromatic nitrogens is 1. The summed E-state index contributed by atoms with van der Waals surface area (Å²) in [5, 5.41) is 7.09. The zero-order chi connectivity index (χ0) is 39.6. The Kier molecular flexibility index (Phi) is 7.14. The van der Waals surface area contributed by atoms with Crippen molar-refractivity contribution in [2.24, 2.45) is 0 Å². The minimum atomic E-state index is -3.40. The molecule has 3 nitrogen and oxygen atoms in total. The molecule has 9 aromatic carbocycles. The van der Waals surface area contributed by atoms with Gasteiger partial charge in [0.25, 0.3) is 0 Å². The van der Waals surface area contributed by atoms with E-state index in [2.05, 4.69) is 162 Å².